The van der Waals surface area contributed by atoms with Gasteiger partial charge in [-0.2, -0.15) is 0 Å². The molecule has 0 saturated carbocycles. The molecular weight excluding hydrogens is 583 g/mol. The molecule has 0 heterocycles. The molecule has 0 aromatic heterocycles. The molecule has 0 atom stereocenters. The molecular formula is C42H63O3P. The predicted octanol–water partition coefficient (Wildman–Crippen LogP) is 10.3. The van der Waals surface area contributed by atoms with Gasteiger partial charge in [-0.3, -0.25) is 0 Å². The third kappa shape index (κ3) is 7.78. The van der Waals surface area contributed by atoms with Gasteiger partial charge in [0.1, 0.15) is 17.2 Å². The molecule has 4 heteroatoms. The van der Waals surface area contributed by atoms with Crippen molar-refractivity contribution in [1.82, 2.24) is 0 Å². The van der Waals surface area contributed by atoms with Crippen molar-refractivity contribution >= 4 is 23.8 Å². The number of rotatable bonds is 3. The van der Waals surface area contributed by atoms with Gasteiger partial charge in [0.25, 0.3) is 0 Å². The Labute approximate surface area is 282 Å². The van der Waals surface area contributed by atoms with Crippen LogP contribution in [0.4, 0.5) is 0 Å². The maximum Gasteiger partial charge on any atom is 0.127 e. The zero-order valence-corrected chi connectivity index (χ0v) is 33.1. The molecule has 0 amide bonds. The van der Waals surface area contributed by atoms with Crippen LogP contribution in [-0.4, -0.2) is 15.3 Å². The van der Waals surface area contributed by atoms with Gasteiger partial charge >= 0.3 is 0 Å². The number of hydrogen-bond donors (Lipinski definition) is 3. The Morgan fingerprint density at radius 1 is 0.326 bits per heavy atom. The first-order chi connectivity index (χ1) is 20.4. The second kappa shape index (κ2) is 11.9. The zero-order chi connectivity index (χ0) is 35.7. The fraction of sp³-hybridized carbons (Fsp3) is 0.571. The molecule has 0 aliphatic carbocycles. The molecule has 0 aliphatic heterocycles. The van der Waals surface area contributed by atoms with Gasteiger partial charge in [0, 0.05) is 32.6 Å². The Morgan fingerprint density at radius 3 is 0.674 bits per heavy atom. The van der Waals surface area contributed by atoms with Gasteiger partial charge in [0.05, 0.1) is 0 Å². The van der Waals surface area contributed by atoms with E-state index >= 15 is 0 Å². The molecule has 3 aromatic carbocycles. The SMILES string of the molecule is CC(C)(C)c1cc(P(c2cc(C(C)(C)C)cc(C(C)(C)C)c2O)c2cc(C(C)(C)C)cc(C(C)(C)C)c2O)c(O)c(C(C)(C)C)c1. The molecule has 46 heavy (non-hydrogen) atoms. The van der Waals surface area contributed by atoms with Crippen LogP contribution in [0.5, 0.6) is 17.2 Å². The predicted molar refractivity (Wildman–Crippen MR) is 202 cm³/mol. The Bertz CT molecular complexity index is 1410. The van der Waals surface area contributed by atoms with E-state index < -0.39 is 7.92 Å². The first-order valence-corrected chi connectivity index (χ1v) is 18.1. The smallest absolute Gasteiger partial charge is 0.127 e. The van der Waals surface area contributed by atoms with Gasteiger partial charge in [0.15, 0.2) is 0 Å². The summed E-state index contributed by atoms with van der Waals surface area (Å²) in [6, 6.07) is 12.8. The van der Waals surface area contributed by atoms with Crippen molar-refractivity contribution in [2.45, 2.75) is 157 Å². The number of phenolic OH excluding ortho intramolecular Hbond substituents is 3. The van der Waals surface area contributed by atoms with E-state index in [-0.39, 0.29) is 49.7 Å². The summed E-state index contributed by atoms with van der Waals surface area (Å²) in [6.45, 7) is 38.9. The van der Waals surface area contributed by atoms with E-state index in [1.807, 2.05) is 0 Å². The van der Waals surface area contributed by atoms with Gasteiger partial charge in [-0.05, 0) is 75.3 Å². The second-order valence-corrected chi connectivity index (χ2v) is 21.6. The summed E-state index contributed by atoms with van der Waals surface area (Å²) in [6.07, 6.45) is 0. The van der Waals surface area contributed by atoms with Crippen LogP contribution < -0.4 is 15.9 Å². The van der Waals surface area contributed by atoms with Crippen molar-refractivity contribution in [3.05, 3.63) is 69.8 Å². The van der Waals surface area contributed by atoms with Gasteiger partial charge < -0.3 is 15.3 Å². The van der Waals surface area contributed by atoms with Crippen molar-refractivity contribution in [1.29, 1.82) is 0 Å². The monoisotopic (exact) mass is 646 g/mol. The summed E-state index contributed by atoms with van der Waals surface area (Å²) in [5.41, 5.74) is 4.36. The van der Waals surface area contributed by atoms with Crippen LogP contribution in [0, 0.1) is 0 Å². The molecule has 0 unspecified atom stereocenters. The number of aromatic hydroxyl groups is 3. The van der Waals surface area contributed by atoms with E-state index in [0.717, 1.165) is 49.3 Å². The van der Waals surface area contributed by atoms with Crippen LogP contribution in [-0.2, 0) is 32.5 Å². The average Bonchev–Trinajstić information content (AvgIpc) is 2.82. The van der Waals surface area contributed by atoms with E-state index in [1.54, 1.807) is 0 Å². The van der Waals surface area contributed by atoms with E-state index in [2.05, 4.69) is 161 Å². The highest BCUT2D eigenvalue weighted by Crippen LogP contribution is 2.50. The van der Waals surface area contributed by atoms with Gasteiger partial charge in [-0.1, -0.05) is 143 Å². The van der Waals surface area contributed by atoms with Gasteiger partial charge in [-0.25, -0.2) is 0 Å². The molecule has 0 radical (unpaired) electrons. The van der Waals surface area contributed by atoms with Gasteiger partial charge in [-0.15, -0.1) is 0 Å². The molecule has 3 rings (SSSR count). The molecule has 3 aromatic rings. The number of hydrogen-bond acceptors (Lipinski definition) is 3. The van der Waals surface area contributed by atoms with Crippen LogP contribution >= 0.6 is 7.92 Å². The Hall–Kier alpha value is -2.51. The molecule has 0 aliphatic rings. The standard InChI is InChI=1S/C42H63O3P/c1-37(2,3)25-19-28(40(10,11)12)34(43)31(22-25)46(32-23-26(38(4,5)6)20-29(35(32)44)41(13,14)15)33-24-27(39(7,8)9)21-30(36(33)45)42(16,17)18/h19-24,43-45H,1-18H3. The summed E-state index contributed by atoms with van der Waals surface area (Å²) in [5.74, 6) is 0.715. The third-order valence-corrected chi connectivity index (χ3v) is 11.5. The largest absolute Gasteiger partial charge is 0.507 e. The lowest BCUT2D eigenvalue weighted by atomic mass is 9.80. The second-order valence-electron chi connectivity index (χ2n) is 19.5. The Balaban J connectivity index is 2.78. The lowest BCUT2D eigenvalue weighted by Crippen LogP contribution is -2.30. The molecule has 0 bridgehead atoms. The van der Waals surface area contributed by atoms with Crippen molar-refractivity contribution in [2.24, 2.45) is 0 Å². The molecule has 0 spiro atoms. The summed E-state index contributed by atoms with van der Waals surface area (Å²) in [4.78, 5) is 0. The van der Waals surface area contributed by atoms with E-state index in [4.69, 9.17) is 0 Å². The average molecular weight is 647 g/mol. The lowest BCUT2D eigenvalue weighted by molar-refractivity contribution is 0.448. The molecule has 3 N–H and O–H groups in total. The van der Waals surface area contributed by atoms with E-state index in [0.29, 0.717) is 0 Å². The Kier molecular flexibility index (Phi) is 9.79. The third-order valence-electron chi connectivity index (χ3n) is 9.01. The zero-order valence-electron chi connectivity index (χ0n) is 32.3. The number of benzene rings is 3. The minimum Gasteiger partial charge on any atom is -0.507 e. The first-order valence-electron chi connectivity index (χ1n) is 16.8. The lowest BCUT2D eigenvalue weighted by Gasteiger charge is -2.34. The van der Waals surface area contributed by atoms with Gasteiger partial charge in [0.2, 0.25) is 0 Å². The van der Waals surface area contributed by atoms with Crippen LogP contribution in [0.2, 0.25) is 0 Å². The van der Waals surface area contributed by atoms with Crippen LogP contribution in [0.15, 0.2) is 36.4 Å². The molecule has 0 fully saturated rings. The van der Waals surface area contributed by atoms with Crippen LogP contribution in [0.25, 0.3) is 0 Å². The van der Waals surface area contributed by atoms with Crippen LogP contribution in [0.3, 0.4) is 0 Å². The Morgan fingerprint density at radius 2 is 0.522 bits per heavy atom. The van der Waals surface area contributed by atoms with E-state index in [9.17, 15) is 15.3 Å². The maximum atomic E-state index is 12.4. The van der Waals surface area contributed by atoms with Crippen molar-refractivity contribution in [3.63, 3.8) is 0 Å². The normalized spacial score (nSPS) is 13.9. The van der Waals surface area contributed by atoms with Crippen molar-refractivity contribution in [3.8, 4) is 17.2 Å². The number of phenols is 3. The maximum absolute atomic E-state index is 12.4. The minimum absolute atomic E-state index is 0.193. The highest BCUT2D eigenvalue weighted by atomic mass is 31.1. The highest BCUT2D eigenvalue weighted by Gasteiger charge is 2.36. The topological polar surface area (TPSA) is 60.7 Å². The van der Waals surface area contributed by atoms with Crippen LogP contribution in [0.1, 0.15) is 158 Å². The molecule has 0 saturated heterocycles. The summed E-state index contributed by atoms with van der Waals surface area (Å²) >= 11 is 0. The molecule has 254 valence electrons. The summed E-state index contributed by atoms with van der Waals surface area (Å²) in [5, 5.41) is 39.4. The minimum atomic E-state index is -1.64. The summed E-state index contributed by atoms with van der Waals surface area (Å²) < 4.78 is 0. The van der Waals surface area contributed by atoms with E-state index in [1.165, 1.54) is 0 Å². The van der Waals surface area contributed by atoms with Crippen molar-refractivity contribution < 1.29 is 15.3 Å². The quantitative estimate of drug-likeness (QED) is 0.248. The summed E-state index contributed by atoms with van der Waals surface area (Å²) in [7, 11) is -1.64. The molecule has 3 nitrogen and oxygen atoms in total. The highest BCUT2D eigenvalue weighted by molar-refractivity contribution is 7.80. The fourth-order valence-electron chi connectivity index (χ4n) is 5.77. The first kappa shape index (κ1) is 37.9. The fourth-order valence-corrected chi connectivity index (χ4v) is 8.35. The van der Waals surface area contributed by atoms with Crippen molar-refractivity contribution in [2.75, 3.05) is 0 Å².